The van der Waals surface area contributed by atoms with Crippen LogP contribution in [0.1, 0.15) is 19.8 Å². The smallest absolute Gasteiger partial charge is 0.318 e. The second-order valence-corrected chi connectivity index (χ2v) is 5.74. The van der Waals surface area contributed by atoms with Crippen LogP contribution >= 0.6 is 11.6 Å². The van der Waals surface area contributed by atoms with Crippen LogP contribution in [0.3, 0.4) is 0 Å². The van der Waals surface area contributed by atoms with Crippen LogP contribution in [-0.2, 0) is 9.53 Å². The topological polar surface area (TPSA) is 103 Å². The number of nitrogens with two attached hydrogens (primary N) is 1. The first kappa shape index (κ1) is 17.4. The quantitative estimate of drug-likeness (QED) is 0.733. The lowest BCUT2D eigenvalue weighted by Crippen LogP contribution is -2.43. The number of hydrogen-bond donors (Lipinski definition) is 3. The van der Waals surface area contributed by atoms with Crippen molar-refractivity contribution in [2.75, 3.05) is 18.5 Å². The molecule has 0 radical (unpaired) electrons. The first-order valence-corrected chi connectivity index (χ1v) is 7.74. The highest BCUT2D eigenvalue weighted by molar-refractivity contribution is 6.31. The van der Waals surface area contributed by atoms with Gasteiger partial charge in [0.2, 0.25) is 5.91 Å². The van der Waals surface area contributed by atoms with Crippen molar-refractivity contribution in [1.82, 2.24) is 5.32 Å². The summed E-state index contributed by atoms with van der Waals surface area (Å²) in [6.07, 6.45) is 2.08. The van der Waals surface area contributed by atoms with Crippen molar-refractivity contribution >= 4 is 29.2 Å². The molecule has 1 aromatic rings. The van der Waals surface area contributed by atoms with Crippen LogP contribution in [-0.4, -0.2) is 37.3 Å². The summed E-state index contributed by atoms with van der Waals surface area (Å²) in [5, 5.41) is 5.48. The molecule has 1 heterocycles. The molecular weight excluding hydrogens is 322 g/mol. The second-order valence-electron chi connectivity index (χ2n) is 5.31. The van der Waals surface area contributed by atoms with E-state index >= 15 is 0 Å². The van der Waals surface area contributed by atoms with Crippen molar-refractivity contribution in [3.05, 3.63) is 23.2 Å². The summed E-state index contributed by atoms with van der Waals surface area (Å²) in [6.45, 7) is 2.78. The summed E-state index contributed by atoms with van der Waals surface area (Å²) in [5.74, 6) is 0.0196. The minimum Gasteiger partial charge on any atom is -0.489 e. The molecule has 3 amide bonds. The lowest BCUT2D eigenvalue weighted by Gasteiger charge is -2.19. The molecule has 0 unspecified atom stereocenters. The maximum Gasteiger partial charge on any atom is 0.318 e. The van der Waals surface area contributed by atoms with Crippen molar-refractivity contribution < 1.29 is 19.1 Å². The van der Waals surface area contributed by atoms with Crippen LogP contribution in [0.25, 0.3) is 0 Å². The maximum absolute atomic E-state index is 11.8. The normalized spacial score (nSPS) is 18.3. The summed E-state index contributed by atoms with van der Waals surface area (Å²) >= 11 is 6.00. The van der Waals surface area contributed by atoms with Crippen LogP contribution < -0.4 is 21.1 Å². The number of urea groups is 1. The molecule has 1 aliphatic rings. The van der Waals surface area contributed by atoms with Crippen molar-refractivity contribution in [1.29, 1.82) is 0 Å². The molecule has 23 heavy (non-hydrogen) atoms. The Kier molecular flexibility index (Phi) is 6.06. The highest BCUT2D eigenvalue weighted by Gasteiger charge is 2.19. The Hall–Kier alpha value is -1.99. The zero-order valence-corrected chi connectivity index (χ0v) is 13.6. The Balaban J connectivity index is 2.02. The molecule has 1 aliphatic heterocycles. The standard InChI is InChI=1S/C15H20ClN3O4/c1-9(14(20)19-15(17)21)18-12-7-10(16)4-5-13(12)23-8-11-3-2-6-22-11/h4-5,7,9,11,18H,2-3,6,8H2,1H3,(H3,17,19,20,21)/t9-,11-/m0/s1. The van der Waals surface area contributed by atoms with E-state index in [1.165, 1.54) is 0 Å². The predicted octanol–water partition coefficient (Wildman–Crippen LogP) is 1.89. The second kappa shape index (κ2) is 8.03. The van der Waals surface area contributed by atoms with Gasteiger partial charge in [0.15, 0.2) is 0 Å². The number of nitrogens with one attached hydrogen (secondary N) is 2. The summed E-state index contributed by atoms with van der Waals surface area (Å²) in [5.41, 5.74) is 5.50. The van der Waals surface area contributed by atoms with Gasteiger partial charge < -0.3 is 20.5 Å². The van der Waals surface area contributed by atoms with E-state index in [1.807, 2.05) is 5.32 Å². The molecule has 1 aromatic carbocycles. The van der Waals surface area contributed by atoms with Crippen molar-refractivity contribution in [3.63, 3.8) is 0 Å². The highest BCUT2D eigenvalue weighted by atomic mass is 35.5. The van der Waals surface area contributed by atoms with Gasteiger partial charge in [-0.25, -0.2) is 4.79 Å². The van der Waals surface area contributed by atoms with Gasteiger partial charge >= 0.3 is 6.03 Å². The van der Waals surface area contributed by atoms with E-state index in [1.54, 1.807) is 25.1 Å². The summed E-state index contributed by atoms with van der Waals surface area (Å²) in [4.78, 5) is 22.5. The SMILES string of the molecule is C[C@H](Nc1cc(Cl)ccc1OC[C@@H]1CCCO1)C(=O)NC(N)=O. The van der Waals surface area contributed by atoms with Crippen LogP contribution in [0.15, 0.2) is 18.2 Å². The minimum atomic E-state index is -0.899. The zero-order valence-electron chi connectivity index (χ0n) is 12.8. The molecule has 2 atom stereocenters. The molecule has 4 N–H and O–H groups in total. The van der Waals surface area contributed by atoms with Gasteiger partial charge in [-0.1, -0.05) is 11.6 Å². The molecule has 126 valence electrons. The van der Waals surface area contributed by atoms with E-state index in [2.05, 4.69) is 5.32 Å². The van der Waals surface area contributed by atoms with Gasteiger partial charge in [-0.3, -0.25) is 10.1 Å². The molecule has 0 spiro atoms. The molecule has 0 aromatic heterocycles. The van der Waals surface area contributed by atoms with E-state index in [9.17, 15) is 9.59 Å². The minimum absolute atomic E-state index is 0.0779. The van der Waals surface area contributed by atoms with Gasteiger partial charge in [0.05, 0.1) is 11.8 Å². The number of amides is 3. The number of imide groups is 1. The largest absolute Gasteiger partial charge is 0.489 e. The summed E-state index contributed by atoms with van der Waals surface area (Å²) in [7, 11) is 0. The molecular formula is C15H20ClN3O4. The average molecular weight is 342 g/mol. The number of halogens is 1. The number of benzene rings is 1. The third-order valence-electron chi connectivity index (χ3n) is 3.40. The fourth-order valence-corrected chi connectivity index (χ4v) is 2.40. The lowest BCUT2D eigenvalue weighted by atomic mass is 10.2. The Morgan fingerprint density at radius 3 is 2.96 bits per heavy atom. The Labute approximate surface area is 139 Å². The number of ether oxygens (including phenoxy) is 2. The van der Waals surface area contributed by atoms with Crippen molar-refractivity contribution in [2.45, 2.75) is 31.9 Å². The number of hydrogen-bond acceptors (Lipinski definition) is 5. The van der Waals surface area contributed by atoms with Gasteiger partial charge in [0, 0.05) is 11.6 Å². The van der Waals surface area contributed by atoms with Crippen molar-refractivity contribution in [3.8, 4) is 5.75 Å². The van der Waals surface area contributed by atoms with Crippen LogP contribution in [0.4, 0.5) is 10.5 Å². The average Bonchev–Trinajstić information content (AvgIpc) is 2.99. The monoisotopic (exact) mass is 341 g/mol. The summed E-state index contributed by atoms with van der Waals surface area (Å²) < 4.78 is 11.3. The molecule has 0 bridgehead atoms. The van der Waals surface area contributed by atoms with Crippen LogP contribution in [0.2, 0.25) is 5.02 Å². The van der Waals surface area contributed by atoms with Gasteiger partial charge in [-0.05, 0) is 38.0 Å². The lowest BCUT2D eigenvalue weighted by molar-refractivity contribution is -0.120. The van der Waals surface area contributed by atoms with E-state index in [-0.39, 0.29) is 6.10 Å². The Morgan fingerprint density at radius 1 is 1.52 bits per heavy atom. The van der Waals surface area contributed by atoms with Gasteiger partial charge in [-0.15, -0.1) is 0 Å². The molecule has 1 fully saturated rings. The van der Waals surface area contributed by atoms with E-state index in [4.69, 9.17) is 26.8 Å². The Bertz CT molecular complexity index is 576. The molecule has 0 saturated carbocycles. The molecule has 0 aliphatic carbocycles. The number of carbonyl (C=O) groups is 2. The van der Waals surface area contributed by atoms with Gasteiger partial charge in [0.1, 0.15) is 18.4 Å². The number of anilines is 1. The van der Waals surface area contributed by atoms with E-state index in [0.717, 1.165) is 19.4 Å². The van der Waals surface area contributed by atoms with E-state index in [0.29, 0.717) is 23.1 Å². The molecule has 2 rings (SSSR count). The van der Waals surface area contributed by atoms with Crippen LogP contribution in [0, 0.1) is 0 Å². The molecule has 7 nitrogen and oxygen atoms in total. The van der Waals surface area contributed by atoms with Gasteiger partial charge in [-0.2, -0.15) is 0 Å². The molecule has 8 heteroatoms. The Morgan fingerprint density at radius 2 is 2.30 bits per heavy atom. The van der Waals surface area contributed by atoms with Crippen LogP contribution in [0.5, 0.6) is 5.75 Å². The number of carbonyl (C=O) groups excluding carboxylic acids is 2. The first-order chi connectivity index (χ1) is 11.0. The van der Waals surface area contributed by atoms with Crippen molar-refractivity contribution in [2.24, 2.45) is 5.73 Å². The third kappa shape index (κ3) is 5.30. The fourth-order valence-electron chi connectivity index (χ4n) is 2.23. The fraction of sp³-hybridized carbons (Fsp3) is 0.467. The predicted molar refractivity (Wildman–Crippen MR) is 86.7 cm³/mol. The summed E-state index contributed by atoms with van der Waals surface area (Å²) in [6, 6.07) is 3.49. The maximum atomic E-state index is 11.8. The number of rotatable bonds is 6. The first-order valence-electron chi connectivity index (χ1n) is 7.36. The molecule has 1 saturated heterocycles. The third-order valence-corrected chi connectivity index (χ3v) is 3.64. The van der Waals surface area contributed by atoms with E-state index < -0.39 is 18.0 Å². The van der Waals surface area contributed by atoms with Gasteiger partial charge in [0.25, 0.3) is 0 Å². The number of primary amides is 1. The zero-order chi connectivity index (χ0) is 16.8. The highest BCUT2D eigenvalue weighted by Crippen LogP contribution is 2.29.